The van der Waals surface area contributed by atoms with Gasteiger partial charge in [-0.3, -0.25) is 0 Å². The molecular formula is C24H18BrFN4O2S. The van der Waals surface area contributed by atoms with E-state index in [1.54, 1.807) is 25.3 Å². The van der Waals surface area contributed by atoms with Crippen LogP contribution in [0, 0.1) is 5.82 Å². The number of nitrogens with one attached hydrogen (secondary N) is 1. The smallest absolute Gasteiger partial charge is 0.247 e. The van der Waals surface area contributed by atoms with Gasteiger partial charge in [-0.15, -0.1) is 10.2 Å². The Kier molecular flexibility index (Phi) is 6.15. The first kappa shape index (κ1) is 21.7. The molecule has 0 saturated carbocycles. The zero-order valence-corrected chi connectivity index (χ0v) is 19.9. The van der Waals surface area contributed by atoms with Gasteiger partial charge >= 0.3 is 0 Å². The van der Waals surface area contributed by atoms with Gasteiger partial charge in [-0.1, -0.05) is 64.1 Å². The molecule has 0 amide bonds. The van der Waals surface area contributed by atoms with E-state index in [4.69, 9.17) is 9.47 Å². The van der Waals surface area contributed by atoms with E-state index in [9.17, 15) is 4.39 Å². The molecule has 166 valence electrons. The zero-order chi connectivity index (χ0) is 22.8. The zero-order valence-electron chi connectivity index (χ0n) is 17.5. The van der Waals surface area contributed by atoms with Gasteiger partial charge in [0.15, 0.2) is 11.9 Å². The maximum atomic E-state index is 14.0. The molecule has 1 aliphatic rings. The van der Waals surface area contributed by atoms with Gasteiger partial charge in [0.2, 0.25) is 11.0 Å². The second-order valence-electron chi connectivity index (χ2n) is 7.20. The number of ether oxygens (including phenoxy) is 2. The van der Waals surface area contributed by atoms with Gasteiger partial charge in [0.1, 0.15) is 11.6 Å². The van der Waals surface area contributed by atoms with Crippen molar-refractivity contribution in [3.63, 3.8) is 0 Å². The average Bonchev–Trinajstić information content (AvgIpc) is 3.00. The molecule has 9 heteroatoms. The van der Waals surface area contributed by atoms with Gasteiger partial charge in [0.05, 0.1) is 7.11 Å². The van der Waals surface area contributed by atoms with Crippen LogP contribution < -0.4 is 14.8 Å². The van der Waals surface area contributed by atoms with Gasteiger partial charge < -0.3 is 14.8 Å². The predicted molar refractivity (Wildman–Crippen MR) is 129 cm³/mol. The number of rotatable bonds is 5. The predicted octanol–water partition coefficient (Wildman–Crippen LogP) is 6.24. The fourth-order valence-electron chi connectivity index (χ4n) is 3.46. The van der Waals surface area contributed by atoms with Crippen molar-refractivity contribution < 1.29 is 13.9 Å². The lowest BCUT2D eigenvalue weighted by atomic mass is 10.1. The number of methoxy groups -OCH3 is 1. The van der Waals surface area contributed by atoms with E-state index < -0.39 is 6.23 Å². The topological polar surface area (TPSA) is 69.2 Å². The Morgan fingerprint density at radius 2 is 1.91 bits per heavy atom. The lowest BCUT2D eigenvalue weighted by Crippen LogP contribution is -2.17. The number of para-hydroxylation sites is 1. The number of nitrogens with zero attached hydrogens (tertiary/aromatic N) is 3. The first-order valence-electron chi connectivity index (χ1n) is 10.1. The monoisotopic (exact) mass is 524 g/mol. The fraction of sp³-hybridized carbons (Fsp3) is 0.125. The molecule has 1 atom stereocenters. The van der Waals surface area contributed by atoms with Crippen LogP contribution in [-0.2, 0) is 5.75 Å². The number of hydrogen-bond acceptors (Lipinski definition) is 7. The highest BCUT2D eigenvalue weighted by atomic mass is 79.9. The van der Waals surface area contributed by atoms with Crippen molar-refractivity contribution in [1.29, 1.82) is 0 Å². The third-order valence-corrected chi connectivity index (χ3v) is 6.74. The van der Waals surface area contributed by atoms with E-state index in [2.05, 4.69) is 36.4 Å². The molecule has 1 N–H and O–H groups in total. The van der Waals surface area contributed by atoms with Crippen LogP contribution in [0.15, 0.2) is 76.4 Å². The number of fused-ring (bicyclic) bond motifs is 3. The van der Waals surface area contributed by atoms with Crippen molar-refractivity contribution in [2.24, 2.45) is 0 Å². The Balaban J connectivity index is 1.52. The summed E-state index contributed by atoms with van der Waals surface area (Å²) >= 11 is 4.91. The molecule has 0 bridgehead atoms. The van der Waals surface area contributed by atoms with Crippen molar-refractivity contribution in [2.45, 2.75) is 17.1 Å². The normalized spacial score (nSPS) is 14.3. The van der Waals surface area contributed by atoms with E-state index in [1.807, 2.05) is 42.5 Å². The highest BCUT2D eigenvalue weighted by Crippen LogP contribution is 2.41. The summed E-state index contributed by atoms with van der Waals surface area (Å²) in [5.74, 6) is 1.17. The molecule has 5 rings (SSSR count). The van der Waals surface area contributed by atoms with Gasteiger partial charge in [-0.05, 0) is 35.9 Å². The van der Waals surface area contributed by atoms with Gasteiger partial charge in [-0.2, -0.15) is 4.98 Å². The molecule has 1 aromatic heterocycles. The number of benzene rings is 3. The SMILES string of the molecule is COc1ccc(Br)c([C@H]2Nc3ccccc3-c3nnc(SCc4ccccc4F)nc3O2)c1. The summed E-state index contributed by atoms with van der Waals surface area (Å²) in [6.07, 6.45) is -0.557. The minimum absolute atomic E-state index is 0.259. The van der Waals surface area contributed by atoms with Gasteiger partial charge in [0.25, 0.3) is 0 Å². The maximum absolute atomic E-state index is 14.0. The second-order valence-corrected chi connectivity index (χ2v) is 9.00. The Morgan fingerprint density at radius 3 is 2.76 bits per heavy atom. The van der Waals surface area contributed by atoms with E-state index in [0.717, 1.165) is 21.3 Å². The minimum atomic E-state index is -0.557. The Labute approximate surface area is 202 Å². The van der Waals surface area contributed by atoms with Crippen LogP contribution in [0.25, 0.3) is 11.3 Å². The number of thioether (sulfide) groups is 1. The minimum Gasteiger partial charge on any atom is -0.497 e. The van der Waals surface area contributed by atoms with E-state index in [0.29, 0.717) is 33.8 Å². The van der Waals surface area contributed by atoms with Crippen molar-refractivity contribution in [1.82, 2.24) is 15.2 Å². The van der Waals surface area contributed by atoms with Gasteiger partial charge in [-0.25, -0.2) is 4.39 Å². The number of hydrogen-bond donors (Lipinski definition) is 1. The second kappa shape index (κ2) is 9.36. The molecule has 0 aliphatic carbocycles. The molecule has 33 heavy (non-hydrogen) atoms. The van der Waals surface area contributed by atoms with Crippen LogP contribution in [0.4, 0.5) is 10.1 Å². The van der Waals surface area contributed by atoms with Crippen LogP contribution in [-0.4, -0.2) is 22.3 Å². The quantitative estimate of drug-likeness (QED) is 0.309. The van der Waals surface area contributed by atoms with E-state index in [1.165, 1.54) is 17.8 Å². The lowest BCUT2D eigenvalue weighted by Gasteiger charge is -2.21. The molecule has 0 radical (unpaired) electrons. The number of halogens is 2. The summed E-state index contributed by atoms with van der Waals surface area (Å²) in [6, 6.07) is 20.1. The summed E-state index contributed by atoms with van der Waals surface area (Å²) in [5.41, 5.74) is 3.64. The number of aromatic nitrogens is 3. The summed E-state index contributed by atoms with van der Waals surface area (Å²) in [4.78, 5) is 4.62. The van der Waals surface area contributed by atoms with Crippen LogP contribution in [0.3, 0.4) is 0 Å². The van der Waals surface area contributed by atoms with Gasteiger partial charge in [0, 0.05) is 27.0 Å². The molecule has 4 aromatic rings. The Hall–Kier alpha value is -3.17. The summed E-state index contributed by atoms with van der Waals surface area (Å²) in [6.45, 7) is 0. The molecular weight excluding hydrogens is 507 g/mol. The molecule has 2 heterocycles. The van der Waals surface area contributed by atoms with Crippen LogP contribution in [0.2, 0.25) is 0 Å². The van der Waals surface area contributed by atoms with Crippen molar-refractivity contribution in [3.8, 4) is 22.9 Å². The summed E-state index contributed by atoms with van der Waals surface area (Å²) < 4.78 is 26.6. The molecule has 6 nitrogen and oxygen atoms in total. The largest absolute Gasteiger partial charge is 0.497 e. The average molecular weight is 525 g/mol. The highest BCUT2D eigenvalue weighted by Gasteiger charge is 2.27. The first-order chi connectivity index (χ1) is 16.1. The molecule has 1 aliphatic heterocycles. The highest BCUT2D eigenvalue weighted by molar-refractivity contribution is 9.10. The van der Waals surface area contributed by atoms with Crippen LogP contribution in [0.5, 0.6) is 11.6 Å². The lowest BCUT2D eigenvalue weighted by molar-refractivity contribution is 0.224. The van der Waals surface area contributed by atoms with E-state index in [-0.39, 0.29) is 5.82 Å². The van der Waals surface area contributed by atoms with Crippen molar-refractivity contribution >= 4 is 33.4 Å². The molecule has 0 unspecified atom stereocenters. The standard InChI is InChI=1S/C24H18BrFN4O2S/c1-31-15-10-11-18(25)17(12-15)22-27-20-9-5-3-7-16(20)21-23(32-22)28-24(30-29-21)33-13-14-6-2-4-8-19(14)26/h2-12,22,27H,13H2,1H3/t22-/m0/s1. The Bertz CT molecular complexity index is 1320. The molecule has 0 saturated heterocycles. The summed E-state index contributed by atoms with van der Waals surface area (Å²) in [7, 11) is 1.62. The first-order valence-corrected chi connectivity index (χ1v) is 11.9. The Morgan fingerprint density at radius 1 is 1.09 bits per heavy atom. The van der Waals surface area contributed by atoms with Crippen molar-refractivity contribution in [2.75, 3.05) is 12.4 Å². The van der Waals surface area contributed by atoms with Crippen LogP contribution in [0.1, 0.15) is 17.4 Å². The number of anilines is 1. The fourth-order valence-corrected chi connectivity index (χ4v) is 4.68. The van der Waals surface area contributed by atoms with E-state index >= 15 is 0 Å². The van der Waals surface area contributed by atoms with Crippen LogP contribution >= 0.6 is 27.7 Å². The molecule has 0 fully saturated rings. The third-order valence-electron chi connectivity index (χ3n) is 5.13. The van der Waals surface area contributed by atoms with Crippen molar-refractivity contribution in [3.05, 3.63) is 88.1 Å². The molecule has 3 aromatic carbocycles. The summed E-state index contributed by atoms with van der Waals surface area (Å²) in [5, 5.41) is 12.5. The molecule has 0 spiro atoms. The maximum Gasteiger partial charge on any atom is 0.247 e. The third kappa shape index (κ3) is 4.51.